The SMILES string of the molecule is CCC(C)(CC)C(=O)/C=C(\O)C(C)(CC)CC.Cc1cc(CC(C)(C)C)ccc1-c1ccc2c(c1)sc1c(-c3[c-]c4ccccc4c([Si](C)(C)C)c3)ncnc12.[Ir]. The molecule has 1 N–H and O–H groups in total. The predicted octanol–water partition coefficient (Wildman–Crippen LogP) is 14.2. The predicted molar refractivity (Wildman–Crippen MR) is 246 cm³/mol. The van der Waals surface area contributed by atoms with E-state index in [1.807, 2.05) is 41.5 Å². The molecule has 0 spiro atoms. The third-order valence-corrected chi connectivity index (χ3v) is 15.2. The summed E-state index contributed by atoms with van der Waals surface area (Å²) in [4.78, 5) is 21.7. The van der Waals surface area contributed by atoms with Crippen molar-refractivity contribution in [2.45, 2.75) is 121 Å². The number of aryl methyl sites for hydroxylation is 1. The van der Waals surface area contributed by atoms with Gasteiger partial charge in [0, 0.05) is 57.5 Å². The number of thiophene rings is 1. The third-order valence-electron chi connectivity index (χ3n) is 12.0. The first kappa shape index (κ1) is 46.2. The van der Waals surface area contributed by atoms with Crippen molar-refractivity contribution < 1.29 is 30.0 Å². The fourth-order valence-electron chi connectivity index (χ4n) is 7.37. The Balaban J connectivity index is 0.000000341. The van der Waals surface area contributed by atoms with E-state index < -0.39 is 8.07 Å². The molecule has 2 aromatic heterocycles. The van der Waals surface area contributed by atoms with Gasteiger partial charge in [0.15, 0.2) is 5.78 Å². The Morgan fingerprint density at radius 3 is 2.07 bits per heavy atom. The molecular weight excluding hydrogens is 913 g/mol. The number of nitrogens with zero attached hydrogens (tertiary/aromatic N) is 2. The number of carbonyl (C=O) groups excluding carboxylic acids is 1. The van der Waals surface area contributed by atoms with Crippen LogP contribution in [0.2, 0.25) is 19.6 Å². The zero-order valence-corrected chi connectivity index (χ0v) is 40.7. The van der Waals surface area contributed by atoms with Gasteiger partial charge in [-0.25, -0.2) is 4.98 Å². The summed E-state index contributed by atoms with van der Waals surface area (Å²) in [5.74, 6) is 0.286. The van der Waals surface area contributed by atoms with Crippen LogP contribution in [0.3, 0.4) is 0 Å². The minimum Gasteiger partial charge on any atom is -0.512 e. The van der Waals surface area contributed by atoms with Gasteiger partial charge in [-0.3, -0.25) is 9.78 Å². The number of carbonyl (C=O) groups is 1. The fourth-order valence-corrected chi connectivity index (χ4v) is 10.2. The average molecular weight is 976 g/mol. The van der Waals surface area contributed by atoms with E-state index in [2.05, 4.69) is 120 Å². The maximum Gasteiger partial charge on any atom is 0.164 e. The molecule has 0 saturated heterocycles. The van der Waals surface area contributed by atoms with Crippen LogP contribution >= 0.6 is 11.3 Å². The number of aromatic nitrogens is 2. The molecule has 0 aliphatic rings. The number of ketones is 1. The largest absolute Gasteiger partial charge is 0.512 e. The molecule has 57 heavy (non-hydrogen) atoms. The van der Waals surface area contributed by atoms with Crippen LogP contribution in [-0.2, 0) is 31.3 Å². The second kappa shape index (κ2) is 18.2. The summed E-state index contributed by atoms with van der Waals surface area (Å²) in [6.45, 7) is 28.4. The van der Waals surface area contributed by atoms with Crippen LogP contribution < -0.4 is 5.19 Å². The molecule has 0 aliphatic carbocycles. The Labute approximate surface area is 361 Å². The quantitative estimate of drug-likeness (QED) is 0.0608. The third kappa shape index (κ3) is 10.2. The van der Waals surface area contributed by atoms with Crippen LogP contribution in [-0.4, -0.2) is 28.9 Å². The van der Waals surface area contributed by atoms with Gasteiger partial charge in [-0.1, -0.05) is 141 Å². The minimum absolute atomic E-state index is 0. The molecule has 0 unspecified atom stereocenters. The van der Waals surface area contributed by atoms with Crippen molar-refractivity contribution in [3.63, 3.8) is 0 Å². The Morgan fingerprint density at radius 2 is 1.47 bits per heavy atom. The van der Waals surface area contributed by atoms with Gasteiger partial charge < -0.3 is 5.11 Å². The molecule has 0 amide bonds. The fraction of sp³-hybridized carbons (Fsp3) is 0.420. The number of hydrogen-bond donors (Lipinski definition) is 1. The number of aliphatic hydroxyl groups is 1. The van der Waals surface area contributed by atoms with Crippen molar-refractivity contribution in [3.8, 4) is 22.4 Å². The normalized spacial score (nSPS) is 12.8. The summed E-state index contributed by atoms with van der Waals surface area (Å²) in [5.41, 5.74) is 8.02. The van der Waals surface area contributed by atoms with Crippen LogP contribution in [0.1, 0.15) is 99.1 Å². The molecule has 0 saturated carbocycles. The first-order valence-corrected chi connectivity index (χ1v) is 24.8. The molecule has 4 aromatic carbocycles. The molecule has 7 heteroatoms. The van der Waals surface area contributed by atoms with E-state index >= 15 is 0 Å². The first-order valence-electron chi connectivity index (χ1n) is 20.5. The van der Waals surface area contributed by atoms with Crippen molar-refractivity contribution in [1.82, 2.24) is 9.97 Å². The standard InChI is InChI=1S/C35H35N2SSi.C15H28O2.Ir/c1-22-16-23(20-35(2,3)4)12-14-27(22)25-13-15-29-30(18-25)38-34-32(36-21-37-33(29)34)26-17-24-10-8-9-11-28(24)31(19-26)39(5,6)7;1-7-14(5,8-2)12(16)11-13(17)15(6,9-3)10-4;/h8-16,18-19,21H,20H2,1-7H3;11,16H,7-10H2,1-6H3;/q-1;;/b;12-11-;. The Kier molecular flexibility index (Phi) is 14.8. The zero-order chi connectivity index (χ0) is 41.2. The van der Waals surface area contributed by atoms with Crippen molar-refractivity contribution in [3.05, 3.63) is 102 Å². The van der Waals surface area contributed by atoms with Gasteiger partial charge >= 0.3 is 0 Å². The van der Waals surface area contributed by atoms with Crippen LogP contribution in [0.4, 0.5) is 0 Å². The summed E-state index contributed by atoms with van der Waals surface area (Å²) >= 11 is 1.79. The van der Waals surface area contributed by atoms with Gasteiger partial charge in [-0.05, 0) is 72.8 Å². The number of fused-ring (bicyclic) bond motifs is 4. The molecule has 0 aliphatic heterocycles. The van der Waals surface area contributed by atoms with Crippen LogP contribution in [0.15, 0.2) is 84.9 Å². The van der Waals surface area contributed by atoms with Gasteiger partial charge in [0.05, 0.1) is 13.6 Å². The molecule has 305 valence electrons. The van der Waals surface area contributed by atoms with Crippen molar-refractivity contribution in [2.24, 2.45) is 16.2 Å². The smallest absolute Gasteiger partial charge is 0.164 e. The van der Waals surface area contributed by atoms with Crippen LogP contribution in [0, 0.1) is 29.2 Å². The van der Waals surface area contributed by atoms with E-state index in [4.69, 9.17) is 9.97 Å². The van der Waals surface area contributed by atoms with Gasteiger partial charge in [0.1, 0.15) is 12.1 Å². The second-order valence-corrected chi connectivity index (χ2v) is 24.5. The average Bonchev–Trinajstić information content (AvgIpc) is 3.54. The van der Waals surface area contributed by atoms with Crippen molar-refractivity contribution in [1.29, 1.82) is 0 Å². The van der Waals surface area contributed by atoms with Gasteiger partial charge in [-0.2, -0.15) is 0 Å². The van der Waals surface area contributed by atoms with Crippen LogP contribution in [0.5, 0.6) is 0 Å². The van der Waals surface area contributed by atoms with Crippen LogP contribution in [0.25, 0.3) is 53.5 Å². The summed E-state index contributed by atoms with van der Waals surface area (Å²) in [7, 11) is -1.59. The minimum atomic E-state index is -1.59. The maximum absolute atomic E-state index is 12.2. The molecular formula is C50H63IrN2O2SSi-. The molecule has 0 bridgehead atoms. The summed E-state index contributed by atoms with van der Waals surface area (Å²) in [6.07, 6.45) is 7.55. The first-order chi connectivity index (χ1) is 26.3. The van der Waals surface area contributed by atoms with Gasteiger partial charge in [-0.15, -0.1) is 40.1 Å². The Morgan fingerprint density at radius 1 is 0.825 bits per heavy atom. The molecule has 0 fully saturated rings. The second-order valence-electron chi connectivity index (χ2n) is 18.4. The van der Waals surface area contributed by atoms with E-state index in [1.54, 1.807) is 17.7 Å². The molecule has 1 radical (unpaired) electrons. The Bertz CT molecular complexity index is 2390. The molecule has 2 heterocycles. The van der Waals surface area contributed by atoms with E-state index in [9.17, 15) is 9.90 Å². The molecule has 6 rings (SSSR count). The zero-order valence-electron chi connectivity index (χ0n) is 36.5. The monoisotopic (exact) mass is 976 g/mol. The van der Waals surface area contributed by atoms with E-state index in [0.29, 0.717) is 0 Å². The number of hydrogen-bond acceptors (Lipinski definition) is 5. The van der Waals surface area contributed by atoms with E-state index in [-0.39, 0.29) is 47.9 Å². The topological polar surface area (TPSA) is 63.1 Å². The molecule has 4 nitrogen and oxygen atoms in total. The number of rotatable bonds is 11. The number of aliphatic hydroxyl groups excluding tert-OH is 1. The summed E-state index contributed by atoms with van der Waals surface area (Å²) < 4.78 is 2.38. The molecule has 6 aromatic rings. The van der Waals surface area contributed by atoms with Gasteiger partial charge in [0.25, 0.3) is 0 Å². The molecule has 0 atom stereocenters. The van der Waals surface area contributed by atoms with Crippen molar-refractivity contribution >= 4 is 61.5 Å². The van der Waals surface area contributed by atoms with Gasteiger partial charge in [0.2, 0.25) is 0 Å². The van der Waals surface area contributed by atoms with Crippen molar-refractivity contribution in [2.75, 3.05) is 0 Å². The number of benzene rings is 4. The van der Waals surface area contributed by atoms with E-state index in [0.717, 1.165) is 59.0 Å². The summed E-state index contributed by atoms with van der Waals surface area (Å²) in [6, 6.07) is 28.4. The Hall–Kier alpha value is -3.48. The number of allylic oxidation sites excluding steroid dienone is 2. The van der Waals surface area contributed by atoms with E-state index in [1.165, 1.54) is 49.0 Å². The maximum atomic E-state index is 12.2. The summed E-state index contributed by atoms with van der Waals surface area (Å²) in [5, 5.41) is 15.3.